The molecule has 0 radical (unpaired) electrons. The van der Waals surface area contributed by atoms with Crippen LogP contribution in [0.1, 0.15) is 35.2 Å². The summed E-state index contributed by atoms with van der Waals surface area (Å²) in [7, 11) is 1.23. The number of rotatable bonds is 6. The van der Waals surface area contributed by atoms with Crippen molar-refractivity contribution in [3.05, 3.63) is 35.1 Å². The van der Waals surface area contributed by atoms with Crippen LogP contribution in [0.4, 0.5) is 4.39 Å². The number of halogens is 1. The summed E-state index contributed by atoms with van der Waals surface area (Å²) in [5.74, 6) is -1.23. The first kappa shape index (κ1) is 14.5. The van der Waals surface area contributed by atoms with E-state index in [1.54, 1.807) is 6.07 Å². The minimum absolute atomic E-state index is 0.0498. The number of benzene rings is 1. The lowest BCUT2D eigenvalue weighted by molar-refractivity contribution is 0.0595. The highest BCUT2D eigenvalue weighted by molar-refractivity contribution is 5.89. The molecule has 0 spiro atoms. The zero-order valence-corrected chi connectivity index (χ0v) is 11.4. The number of ether oxygens (including phenoxy) is 1. The van der Waals surface area contributed by atoms with Gasteiger partial charge in [-0.25, -0.2) is 9.18 Å². The van der Waals surface area contributed by atoms with Crippen LogP contribution in [0.15, 0.2) is 18.2 Å². The molecular weight excluding hydrogens is 259 g/mol. The first-order valence-corrected chi connectivity index (χ1v) is 6.63. The Kier molecular flexibility index (Phi) is 4.70. The number of hydrogen-bond donors (Lipinski definition) is 0. The molecular formula is C15H17FN2O2. The van der Waals surface area contributed by atoms with Crippen molar-refractivity contribution in [3.8, 4) is 6.07 Å². The fourth-order valence-electron chi connectivity index (χ4n) is 2.19. The zero-order valence-electron chi connectivity index (χ0n) is 11.4. The fraction of sp³-hybridized carbons (Fsp3) is 0.467. The molecule has 2 rings (SSSR count). The third-order valence-corrected chi connectivity index (χ3v) is 3.40. The molecule has 1 aliphatic carbocycles. The monoisotopic (exact) mass is 276 g/mol. The third kappa shape index (κ3) is 3.55. The van der Waals surface area contributed by atoms with Gasteiger partial charge in [0.1, 0.15) is 5.82 Å². The highest BCUT2D eigenvalue weighted by atomic mass is 19.1. The van der Waals surface area contributed by atoms with Gasteiger partial charge in [-0.15, -0.1) is 0 Å². The van der Waals surface area contributed by atoms with Gasteiger partial charge in [-0.1, -0.05) is 6.07 Å². The van der Waals surface area contributed by atoms with E-state index in [0.29, 0.717) is 25.6 Å². The Hall–Kier alpha value is -1.93. The highest BCUT2D eigenvalue weighted by Crippen LogP contribution is 2.28. The molecule has 0 bridgehead atoms. The van der Waals surface area contributed by atoms with E-state index in [0.717, 1.165) is 18.4 Å². The van der Waals surface area contributed by atoms with Gasteiger partial charge in [0, 0.05) is 25.6 Å². The number of carbonyl (C=O) groups excluding carboxylic acids is 1. The van der Waals surface area contributed by atoms with E-state index in [1.807, 2.05) is 0 Å². The van der Waals surface area contributed by atoms with Crippen molar-refractivity contribution in [1.29, 1.82) is 5.26 Å². The molecule has 1 saturated carbocycles. The normalized spacial score (nSPS) is 14.1. The lowest BCUT2D eigenvalue weighted by Gasteiger charge is -2.20. The van der Waals surface area contributed by atoms with E-state index in [-0.39, 0.29) is 5.56 Å². The summed E-state index contributed by atoms with van der Waals surface area (Å²) in [5, 5.41) is 8.66. The average Bonchev–Trinajstić information content (AvgIpc) is 3.27. The van der Waals surface area contributed by atoms with Crippen molar-refractivity contribution < 1.29 is 13.9 Å². The van der Waals surface area contributed by atoms with Crippen molar-refractivity contribution in [2.45, 2.75) is 31.8 Å². The van der Waals surface area contributed by atoms with Crippen LogP contribution in [0.25, 0.3) is 0 Å². The van der Waals surface area contributed by atoms with Gasteiger partial charge < -0.3 is 4.74 Å². The van der Waals surface area contributed by atoms with E-state index in [9.17, 15) is 9.18 Å². The predicted octanol–water partition coefficient (Wildman–Crippen LogP) is 2.49. The first-order chi connectivity index (χ1) is 9.65. The van der Waals surface area contributed by atoms with Crippen molar-refractivity contribution in [2.75, 3.05) is 13.7 Å². The number of esters is 1. The molecule has 5 heteroatoms. The Balaban J connectivity index is 2.07. The molecule has 0 unspecified atom stereocenters. The Bertz CT molecular complexity index is 535. The molecule has 0 heterocycles. The second-order valence-electron chi connectivity index (χ2n) is 4.92. The van der Waals surface area contributed by atoms with Crippen LogP contribution in [0.2, 0.25) is 0 Å². The van der Waals surface area contributed by atoms with Crippen LogP contribution in [0, 0.1) is 17.1 Å². The Labute approximate surface area is 117 Å². The molecule has 1 aromatic rings. The minimum atomic E-state index is -0.669. The van der Waals surface area contributed by atoms with Gasteiger partial charge in [0.25, 0.3) is 0 Å². The Morgan fingerprint density at radius 2 is 2.30 bits per heavy atom. The zero-order chi connectivity index (χ0) is 14.5. The van der Waals surface area contributed by atoms with E-state index in [2.05, 4.69) is 15.7 Å². The van der Waals surface area contributed by atoms with Crippen LogP contribution in [0.3, 0.4) is 0 Å². The molecule has 0 N–H and O–H groups in total. The standard InChI is InChI=1S/C15H17FN2O2/c1-20-15(19)13-6-3-11(9-14(13)16)10-18(8-2-7-17)12-4-5-12/h3,6,9,12H,2,4-5,8,10H2,1H3. The summed E-state index contributed by atoms with van der Waals surface area (Å²) in [4.78, 5) is 13.5. The van der Waals surface area contributed by atoms with Crippen molar-refractivity contribution in [2.24, 2.45) is 0 Å². The average molecular weight is 276 g/mol. The van der Waals surface area contributed by atoms with Gasteiger partial charge in [0.2, 0.25) is 0 Å². The summed E-state index contributed by atoms with van der Waals surface area (Å²) in [6.07, 6.45) is 2.74. The molecule has 20 heavy (non-hydrogen) atoms. The first-order valence-electron chi connectivity index (χ1n) is 6.63. The van der Waals surface area contributed by atoms with E-state index in [4.69, 9.17) is 5.26 Å². The van der Waals surface area contributed by atoms with Gasteiger partial charge >= 0.3 is 5.97 Å². The lowest BCUT2D eigenvalue weighted by Crippen LogP contribution is -2.26. The second kappa shape index (κ2) is 6.49. The molecule has 1 fully saturated rings. The van der Waals surface area contributed by atoms with E-state index < -0.39 is 11.8 Å². The van der Waals surface area contributed by atoms with Crippen LogP contribution in [-0.2, 0) is 11.3 Å². The smallest absolute Gasteiger partial charge is 0.340 e. The maximum atomic E-state index is 13.8. The van der Waals surface area contributed by atoms with Gasteiger partial charge in [0.05, 0.1) is 18.7 Å². The van der Waals surface area contributed by atoms with Crippen molar-refractivity contribution in [1.82, 2.24) is 4.90 Å². The van der Waals surface area contributed by atoms with Crippen LogP contribution in [-0.4, -0.2) is 30.6 Å². The number of nitrogens with zero attached hydrogens (tertiary/aromatic N) is 2. The van der Waals surface area contributed by atoms with Gasteiger partial charge in [-0.05, 0) is 30.5 Å². The van der Waals surface area contributed by atoms with Gasteiger partial charge in [-0.3, -0.25) is 4.90 Å². The SMILES string of the molecule is COC(=O)c1ccc(CN(CCC#N)C2CC2)cc1F. The Morgan fingerprint density at radius 3 is 2.85 bits per heavy atom. The van der Waals surface area contributed by atoms with Crippen molar-refractivity contribution >= 4 is 5.97 Å². The molecule has 0 amide bonds. The third-order valence-electron chi connectivity index (χ3n) is 3.40. The van der Waals surface area contributed by atoms with Crippen LogP contribution < -0.4 is 0 Å². The van der Waals surface area contributed by atoms with Crippen LogP contribution >= 0.6 is 0 Å². The van der Waals surface area contributed by atoms with Crippen LogP contribution in [0.5, 0.6) is 0 Å². The topological polar surface area (TPSA) is 53.3 Å². The predicted molar refractivity (Wildman–Crippen MR) is 71.4 cm³/mol. The molecule has 0 aromatic heterocycles. The lowest BCUT2D eigenvalue weighted by atomic mass is 10.1. The number of methoxy groups -OCH3 is 1. The molecule has 0 aliphatic heterocycles. The highest BCUT2D eigenvalue weighted by Gasteiger charge is 2.28. The largest absolute Gasteiger partial charge is 0.465 e. The van der Waals surface area contributed by atoms with Crippen molar-refractivity contribution in [3.63, 3.8) is 0 Å². The van der Waals surface area contributed by atoms with Gasteiger partial charge in [-0.2, -0.15) is 5.26 Å². The number of hydrogen-bond acceptors (Lipinski definition) is 4. The molecule has 1 aromatic carbocycles. The maximum absolute atomic E-state index is 13.8. The summed E-state index contributed by atoms with van der Waals surface area (Å²) < 4.78 is 18.3. The van der Waals surface area contributed by atoms with Gasteiger partial charge in [0.15, 0.2) is 0 Å². The second-order valence-corrected chi connectivity index (χ2v) is 4.92. The van der Waals surface area contributed by atoms with E-state index >= 15 is 0 Å². The molecule has 0 atom stereocenters. The number of nitriles is 1. The Morgan fingerprint density at radius 1 is 1.55 bits per heavy atom. The van der Waals surface area contributed by atoms with E-state index in [1.165, 1.54) is 19.2 Å². The summed E-state index contributed by atoms with van der Waals surface area (Å²) >= 11 is 0. The molecule has 106 valence electrons. The quantitative estimate of drug-likeness (QED) is 0.749. The number of carbonyl (C=O) groups is 1. The molecule has 0 saturated heterocycles. The maximum Gasteiger partial charge on any atom is 0.340 e. The summed E-state index contributed by atoms with van der Waals surface area (Å²) in [6, 6.07) is 7.19. The molecule has 1 aliphatic rings. The fourth-order valence-corrected chi connectivity index (χ4v) is 2.19. The minimum Gasteiger partial charge on any atom is -0.465 e. The molecule has 4 nitrogen and oxygen atoms in total. The summed E-state index contributed by atoms with van der Waals surface area (Å²) in [6.45, 7) is 1.30. The summed E-state index contributed by atoms with van der Waals surface area (Å²) in [5.41, 5.74) is 0.756.